The number of aromatic hydroxyl groups is 3. The van der Waals surface area contributed by atoms with Crippen LogP contribution >= 0.6 is 15.9 Å². The predicted octanol–water partition coefficient (Wildman–Crippen LogP) is 22.1. The lowest BCUT2D eigenvalue weighted by molar-refractivity contribution is 0.243. The Balaban J connectivity index is 0.000000138. The average Bonchev–Trinajstić information content (AvgIpc) is 1.62. The summed E-state index contributed by atoms with van der Waals surface area (Å²) in [7, 11) is 7.58. The number of hydrogen-bond acceptors (Lipinski definition) is 7. The maximum atomic E-state index is 11.7. The Morgan fingerprint density at radius 2 is 0.563 bits per heavy atom. The first-order valence-corrected chi connectivity index (χ1v) is 35.6. The van der Waals surface area contributed by atoms with Crippen LogP contribution in [-0.2, 0) is 13.1 Å². The highest BCUT2D eigenvalue weighted by Crippen LogP contribution is 2.42. The minimum absolute atomic E-state index is 0.298. The second-order valence-electron chi connectivity index (χ2n) is 26.8. The van der Waals surface area contributed by atoms with Gasteiger partial charge in [0, 0.05) is 80.4 Å². The van der Waals surface area contributed by atoms with Crippen molar-refractivity contribution in [1.82, 2.24) is 28.1 Å². The van der Waals surface area contributed by atoms with Gasteiger partial charge in [0.25, 0.3) is 0 Å². The summed E-state index contributed by atoms with van der Waals surface area (Å²) < 4.78 is 20.5. The molecule has 11 nitrogen and oxygen atoms in total. The van der Waals surface area contributed by atoms with E-state index >= 15 is 0 Å². The number of benzene rings is 13. The van der Waals surface area contributed by atoms with Crippen molar-refractivity contribution in [2.45, 2.75) is 47.7 Å². The second kappa shape index (κ2) is 29.6. The zero-order valence-electron chi connectivity index (χ0n) is 59.5. The van der Waals surface area contributed by atoms with Crippen LogP contribution in [0.5, 0.6) is 28.7 Å². The first-order chi connectivity index (χ1) is 50.1. The summed E-state index contributed by atoms with van der Waals surface area (Å²) in [5, 5.41) is 43.4. The number of rotatable bonds is 13. The Hall–Kier alpha value is -11.5. The van der Waals surface area contributed by atoms with Crippen molar-refractivity contribution in [3.8, 4) is 51.5 Å². The molecule has 17 aromatic rings. The van der Waals surface area contributed by atoms with Crippen LogP contribution in [0.3, 0.4) is 0 Å². The van der Waals surface area contributed by atoms with Crippen LogP contribution in [-0.4, -0.2) is 84.8 Å². The molecule has 0 fully saturated rings. The summed E-state index contributed by atoms with van der Waals surface area (Å²) in [6.07, 6.45) is 0. The van der Waals surface area contributed by atoms with E-state index in [-0.39, 0.29) is 0 Å². The highest BCUT2D eigenvalue weighted by atomic mass is 79.9. The van der Waals surface area contributed by atoms with Crippen LogP contribution in [0.4, 0.5) is 0 Å². The highest BCUT2D eigenvalue weighted by Gasteiger charge is 2.22. The molecule has 0 unspecified atom stereocenters. The van der Waals surface area contributed by atoms with Crippen LogP contribution in [0.15, 0.2) is 277 Å². The van der Waals surface area contributed by atoms with Gasteiger partial charge in [-0.3, -0.25) is 0 Å². The molecule has 4 aromatic heterocycles. The van der Waals surface area contributed by atoms with Crippen LogP contribution in [0.1, 0.15) is 38.9 Å². The maximum absolute atomic E-state index is 11.7. The van der Waals surface area contributed by atoms with Crippen LogP contribution in [0.25, 0.3) is 110 Å². The number of methoxy groups -OCH3 is 2. The van der Waals surface area contributed by atoms with E-state index in [2.05, 4.69) is 297 Å². The molecule has 0 aliphatic rings. The molecule has 0 atom stereocenters. The van der Waals surface area contributed by atoms with Gasteiger partial charge in [-0.05, 0) is 190 Å². The quantitative estimate of drug-likeness (QED) is 0.106. The molecule has 13 aromatic carbocycles. The summed E-state index contributed by atoms with van der Waals surface area (Å²) in [6.45, 7) is 13.2. The van der Waals surface area contributed by atoms with Crippen molar-refractivity contribution in [3.63, 3.8) is 0 Å². The molecule has 0 saturated carbocycles. The minimum Gasteiger partial charge on any atom is -0.506 e. The number of likely N-dealkylation sites (N-methyl/N-ethyl adjacent to an activating group) is 2. The predicted molar refractivity (Wildman–Crippen MR) is 432 cm³/mol. The molecule has 0 aliphatic heterocycles. The number of phenolic OH excluding ortho intramolecular Hbond substituents is 3. The highest BCUT2D eigenvalue weighted by molar-refractivity contribution is 9.10. The molecule has 0 bridgehead atoms. The molecule has 103 heavy (non-hydrogen) atoms. The Morgan fingerprint density at radius 3 is 0.883 bits per heavy atom. The van der Waals surface area contributed by atoms with Crippen molar-refractivity contribution in [2.24, 2.45) is 0 Å². The van der Waals surface area contributed by atoms with Crippen molar-refractivity contribution < 1.29 is 24.8 Å². The second-order valence-corrected chi connectivity index (χ2v) is 27.7. The fraction of sp³-hybridized carbons (Fsp3) is 0.143. The van der Waals surface area contributed by atoms with E-state index in [0.29, 0.717) is 30.3 Å². The molecule has 0 aliphatic carbocycles. The van der Waals surface area contributed by atoms with Gasteiger partial charge < -0.3 is 52.9 Å². The van der Waals surface area contributed by atoms with Gasteiger partial charge >= 0.3 is 0 Å². The molecular weight excluding hydrogens is 1340 g/mol. The molecule has 514 valence electrons. The molecule has 4 heterocycles. The summed E-state index contributed by atoms with van der Waals surface area (Å²) in [5.74, 6) is 2.68. The van der Waals surface area contributed by atoms with Crippen LogP contribution in [0, 0.1) is 34.6 Å². The number of aryl methyl sites for hydroxylation is 5. The number of fused-ring (bicyclic) bond motifs is 12. The van der Waals surface area contributed by atoms with Crippen molar-refractivity contribution in [2.75, 3.05) is 41.4 Å². The monoisotopic (exact) mass is 1420 g/mol. The van der Waals surface area contributed by atoms with E-state index < -0.39 is 0 Å². The third-order valence-electron chi connectivity index (χ3n) is 19.4. The van der Waals surface area contributed by atoms with E-state index in [9.17, 15) is 15.3 Å². The Kier molecular flexibility index (Phi) is 19.7. The van der Waals surface area contributed by atoms with Crippen LogP contribution < -0.4 is 9.47 Å². The van der Waals surface area contributed by atoms with Gasteiger partial charge in [0.15, 0.2) is 0 Å². The van der Waals surface area contributed by atoms with Crippen LogP contribution in [0.2, 0.25) is 0 Å². The lowest BCUT2D eigenvalue weighted by Gasteiger charge is -2.24. The summed E-state index contributed by atoms with van der Waals surface area (Å²) in [4.78, 5) is 4.50. The molecule has 0 radical (unpaired) electrons. The molecule has 0 saturated heterocycles. The fourth-order valence-corrected chi connectivity index (χ4v) is 15.3. The van der Waals surface area contributed by atoms with Gasteiger partial charge in [-0.2, -0.15) is 0 Å². The largest absolute Gasteiger partial charge is 0.506 e. The van der Waals surface area contributed by atoms with Gasteiger partial charge in [-0.15, -0.1) is 0 Å². The smallest absolute Gasteiger partial charge is 0.144 e. The van der Waals surface area contributed by atoms with E-state index in [0.717, 1.165) is 113 Å². The lowest BCUT2D eigenvalue weighted by atomic mass is 10.1. The number of nitrogens with zero attached hydrogens (tertiary/aromatic N) is 6. The van der Waals surface area contributed by atoms with E-state index in [4.69, 9.17) is 9.47 Å². The standard InChI is InChI=1S/C44H42N4O2.C20H17NO.C19H15NO.C8H9BrO/c1-29-23-31(43(49)41(25-29)47-37-17-9-5-13-33(37)34-14-6-10-18-38(34)47)27-45(3)21-22-46(4)28-32-24-30(2)26-42(44(32)50)48-39-19-11-7-15-35(39)36-16-8-12-20-40(36)48;1-14-11-12-20(22-2)19(13-14)21-17-9-5-3-7-15(17)16-8-4-6-10-18(16)21;1-13-10-11-19(21)18(12-13)20-16-8-4-2-6-14(16)15-7-3-5-9-17(15)20;1-6-3-4-8(10-2)7(9)5-6/h5-20,23-26,49-50H,21-22,27-28H2,1-4H3;3-13H,1-2H3;2-12,21H,1H3;3-5H,1-2H3. The van der Waals surface area contributed by atoms with Crippen molar-refractivity contribution in [1.29, 1.82) is 0 Å². The number of hydrogen-bond donors (Lipinski definition) is 3. The lowest BCUT2D eigenvalue weighted by Crippen LogP contribution is -2.30. The van der Waals surface area contributed by atoms with Crippen molar-refractivity contribution >= 4 is 103 Å². The van der Waals surface area contributed by atoms with Gasteiger partial charge in [0.2, 0.25) is 0 Å². The zero-order valence-corrected chi connectivity index (χ0v) is 61.1. The number of aromatic nitrogens is 4. The van der Waals surface area contributed by atoms with Gasteiger partial charge in [-0.1, -0.05) is 176 Å². The topological polar surface area (TPSA) is 105 Å². The molecule has 17 rings (SSSR count). The first-order valence-electron chi connectivity index (χ1n) is 34.8. The number of phenols is 3. The molecule has 0 amide bonds. The van der Waals surface area contributed by atoms with E-state index in [1.807, 2.05) is 62.4 Å². The number of halogens is 1. The third kappa shape index (κ3) is 13.6. The number of para-hydroxylation sites is 8. The van der Waals surface area contributed by atoms with E-state index in [1.165, 1.54) is 65.3 Å². The Morgan fingerprint density at radius 1 is 0.301 bits per heavy atom. The summed E-state index contributed by atoms with van der Waals surface area (Å²) >= 11 is 3.38. The van der Waals surface area contributed by atoms with Gasteiger partial charge in [-0.25, -0.2) is 0 Å². The molecule has 3 N–H and O–H groups in total. The minimum atomic E-state index is 0.298. The Labute approximate surface area is 609 Å². The third-order valence-corrected chi connectivity index (χ3v) is 20.0. The molecule has 12 heteroatoms. The number of ether oxygens (including phenoxy) is 2. The van der Waals surface area contributed by atoms with Gasteiger partial charge in [0.1, 0.15) is 28.7 Å². The zero-order chi connectivity index (χ0) is 71.6. The maximum Gasteiger partial charge on any atom is 0.144 e. The molecule has 0 spiro atoms. The Bertz CT molecular complexity index is 5610. The normalized spacial score (nSPS) is 11.5. The summed E-state index contributed by atoms with van der Waals surface area (Å²) in [5.41, 5.74) is 20.1. The average molecular weight is 1420 g/mol. The summed E-state index contributed by atoms with van der Waals surface area (Å²) in [6, 6.07) is 93.5. The molecular formula is C91H83BrN6O5. The van der Waals surface area contributed by atoms with E-state index in [1.54, 1.807) is 20.3 Å². The van der Waals surface area contributed by atoms with Gasteiger partial charge in [0.05, 0.1) is 85.6 Å². The van der Waals surface area contributed by atoms with Crippen molar-refractivity contribution in [3.05, 3.63) is 316 Å². The SMILES string of the molecule is COc1ccc(C)cc1-n1c2ccccc2c2ccccc21.COc1ccc(C)cc1Br.Cc1cc(CN(C)CCN(C)Cc2cc(C)cc(-n3c4ccccc4c4ccccc43)c2O)c(O)c(-n2c3ccccc3c3ccccc32)c1.Cc1ccc(O)c(-n2c3ccccc3c3ccccc32)c1. The fourth-order valence-electron chi connectivity index (χ4n) is 14.6. The first kappa shape index (κ1) is 68.6.